The first-order valence-electron chi connectivity index (χ1n) is 7.56. The first-order valence-corrected chi connectivity index (χ1v) is 8.64. The molecule has 0 spiro atoms. The summed E-state index contributed by atoms with van der Waals surface area (Å²) in [7, 11) is 0. The Labute approximate surface area is 147 Å². The fourth-order valence-electron chi connectivity index (χ4n) is 2.98. The second-order valence-corrected chi connectivity index (χ2v) is 6.85. The molecule has 2 heterocycles. The Morgan fingerprint density at radius 1 is 1.13 bits per heavy atom. The van der Waals surface area contributed by atoms with Crippen LogP contribution in [-0.2, 0) is 12.8 Å². The van der Waals surface area contributed by atoms with E-state index < -0.39 is 0 Å². The predicted octanol–water partition coefficient (Wildman–Crippen LogP) is 4.17. The number of anilines is 1. The van der Waals surface area contributed by atoms with Gasteiger partial charge in [0.15, 0.2) is 0 Å². The molecule has 0 unspecified atom stereocenters. The van der Waals surface area contributed by atoms with E-state index >= 15 is 0 Å². The van der Waals surface area contributed by atoms with Gasteiger partial charge < -0.3 is 5.32 Å². The van der Waals surface area contributed by atoms with Crippen LogP contribution in [0.25, 0.3) is 5.69 Å². The van der Waals surface area contributed by atoms with E-state index in [4.69, 9.17) is 5.10 Å². The molecule has 23 heavy (non-hydrogen) atoms. The maximum Gasteiger partial charge on any atom is 0.133 e. The second kappa shape index (κ2) is 5.96. The molecular formula is C18H15FIN3. The van der Waals surface area contributed by atoms with E-state index in [0.29, 0.717) is 12.0 Å². The van der Waals surface area contributed by atoms with Crippen molar-refractivity contribution in [1.82, 2.24) is 9.78 Å². The molecule has 0 aliphatic carbocycles. The maximum absolute atomic E-state index is 14.0. The number of nitrogens with zero attached hydrogens (tertiary/aromatic N) is 2. The zero-order valence-electron chi connectivity index (χ0n) is 12.4. The molecule has 3 aromatic rings. The number of halogens is 2. The summed E-state index contributed by atoms with van der Waals surface area (Å²) in [5, 5.41) is 8.16. The molecule has 0 atom stereocenters. The normalized spacial score (nSPS) is 13.0. The van der Waals surface area contributed by atoms with Crippen LogP contribution in [0, 0.1) is 9.39 Å². The van der Waals surface area contributed by atoms with E-state index in [9.17, 15) is 4.39 Å². The van der Waals surface area contributed by atoms with Crippen LogP contribution in [0.1, 0.15) is 16.8 Å². The van der Waals surface area contributed by atoms with E-state index in [1.54, 1.807) is 6.07 Å². The average Bonchev–Trinajstić information content (AvgIpc) is 3.14. The van der Waals surface area contributed by atoms with E-state index in [-0.39, 0.29) is 5.82 Å². The molecule has 2 aromatic carbocycles. The van der Waals surface area contributed by atoms with Gasteiger partial charge >= 0.3 is 0 Å². The lowest BCUT2D eigenvalue weighted by Gasteiger charge is -2.06. The van der Waals surface area contributed by atoms with Gasteiger partial charge in [-0.25, -0.2) is 9.07 Å². The van der Waals surface area contributed by atoms with Crippen LogP contribution < -0.4 is 5.32 Å². The standard InChI is InChI=1S/C18H15FIN3/c19-16-4-2-1-3-12(16)11-17-15-9-10-21-18(15)23(22-17)14-7-5-13(20)6-8-14/h1-8,21H,9-11H2. The quantitative estimate of drug-likeness (QED) is 0.646. The predicted molar refractivity (Wildman–Crippen MR) is 97.7 cm³/mol. The number of hydrogen-bond acceptors (Lipinski definition) is 2. The first-order chi connectivity index (χ1) is 11.2. The lowest BCUT2D eigenvalue weighted by atomic mass is 10.1. The van der Waals surface area contributed by atoms with Gasteiger partial charge in [-0.15, -0.1) is 0 Å². The van der Waals surface area contributed by atoms with Crippen LogP contribution >= 0.6 is 22.6 Å². The van der Waals surface area contributed by atoms with Gasteiger partial charge in [0.2, 0.25) is 0 Å². The van der Waals surface area contributed by atoms with Crippen molar-refractivity contribution in [2.24, 2.45) is 0 Å². The van der Waals surface area contributed by atoms with Gasteiger partial charge in [0.25, 0.3) is 0 Å². The molecule has 4 rings (SSSR count). The zero-order valence-corrected chi connectivity index (χ0v) is 14.5. The summed E-state index contributed by atoms with van der Waals surface area (Å²) in [5.41, 5.74) is 3.87. The summed E-state index contributed by atoms with van der Waals surface area (Å²) in [6.45, 7) is 0.905. The molecule has 0 radical (unpaired) electrons. The SMILES string of the molecule is Fc1ccccc1Cc1nn(-c2ccc(I)cc2)c2c1CCN2. The minimum absolute atomic E-state index is 0.170. The fourth-order valence-corrected chi connectivity index (χ4v) is 3.34. The monoisotopic (exact) mass is 419 g/mol. The molecule has 116 valence electrons. The molecule has 0 amide bonds. The Bertz CT molecular complexity index is 855. The average molecular weight is 419 g/mol. The van der Waals surface area contributed by atoms with Crippen molar-refractivity contribution < 1.29 is 4.39 Å². The summed E-state index contributed by atoms with van der Waals surface area (Å²) in [4.78, 5) is 0. The topological polar surface area (TPSA) is 29.9 Å². The van der Waals surface area contributed by atoms with Gasteiger partial charge in [-0.3, -0.25) is 0 Å². The third-order valence-corrected chi connectivity index (χ3v) is 4.84. The van der Waals surface area contributed by atoms with Crippen LogP contribution in [0.4, 0.5) is 10.2 Å². The largest absolute Gasteiger partial charge is 0.369 e. The van der Waals surface area contributed by atoms with Gasteiger partial charge in [0.1, 0.15) is 11.6 Å². The smallest absolute Gasteiger partial charge is 0.133 e. The molecule has 1 aliphatic heterocycles. The third-order valence-electron chi connectivity index (χ3n) is 4.12. The number of hydrogen-bond donors (Lipinski definition) is 1. The van der Waals surface area contributed by atoms with Crippen LogP contribution in [0.15, 0.2) is 48.5 Å². The van der Waals surface area contributed by atoms with Crippen molar-refractivity contribution in [1.29, 1.82) is 0 Å². The number of fused-ring (bicyclic) bond motifs is 1. The summed E-state index contributed by atoms with van der Waals surface area (Å²) < 4.78 is 17.1. The second-order valence-electron chi connectivity index (χ2n) is 5.61. The van der Waals surface area contributed by atoms with E-state index in [1.807, 2.05) is 16.8 Å². The van der Waals surface area contributed by atoms with Crippen molar-refractivity contribution >= 4 is 28.4 Å². The zero-order chi connectivity index (χ0) is 15.8. The highest BCUT2D eigenvalue weighted by atomic mass is 127. The number of benzene rings is 2. The fraction of sp³-hybridized carbons (Fsp3) is 0.167. The minimum atomic E-state index is -0.170. The Morgan fingerprint density at radius 3 is 2.70 bits per heavy atom. The Hall–Kier alpha value is -1.89. The summed E-state index contributed by atoms with van der Waals surface area (Å²) in [6.07, 6.45) is 1.46. The van der Waals surface area contributed by atoms with Gasteiger partial charge in [-0.1, -0.05) is 18.2 Å². The van der Waals surface area contributed by atoms with E-state index in [0.717, 1.165) is 30.2 Å². The van der Waals surface area contributed by atoms with Gasteiger partial charge in [-0.05, 0) is 64.9 Å². The molecule has 1 aliphatic rings. The van der Waals surface area contributed by atoms with Crippen molar-refractivity contribution in [3.05, 3.63) is 74.7 Å². The molecule has 0 saturated heterocycles. The molecule has 1 N–H and O–H groups in total. The van der Waals surface area contributed by atoms with Crippen molar-refractivity contribution in [3.63, 3.8) is 0 Å². The van der Waals surface area contributed by atoms with Crippen molar-refractivity contribution in [2.75, 3.05) is 11.9 Å². The van der Waals surface area contributed by atoms with Crippen LogP contribution in [0.5, 0.6) is 0 Å². The number of aromatic nitrogens is 2. The summed E-state index contributed by atoms with van der Waals surface area (Å²) >= 11 is 2.29. The van der Waals surface area contributed by atoms with Crippen LogP contribution in [0.3, 0.4) is 0 Å². The van der Waals surface area contributed by atoms with Crippen LogP contribution in [0.2, 0.25) is 0 Å². The molecule has 0 bridgehead atoms. The highest BCUT2D eigenvalue weighted by Crippen LogP contribution is 2.30. The number of rotatable bonds is 3. The molecule has 5 heteroatoms. The molecule has 0 saturated carbocycles. The van der Waals surface area contributed by atoms with Crippen molar-refractivity contribution in [2.45, 2.75) is 12.8 Å². The van der Waals surface area contributed by atoms with E-state index in [2.05, 4.69) is 52.2 Å². The Kier molecular flexibility index (Phi) is 3.80. The highest BCUT2D eigenvalue weighted by molar-refractivity contribution is 14.1. The Morgan fingerprint density at radius 2 is 1.91 bits per heavy atom. The molecule has 1 aromatic heterocycles. The number of nitrogens with one attached hydrogen (secondary N) is 1. The minimum Gasteiger partial charge on any atom is -0.369 e. The lowest BCUT2D eigenvalue weighted by Crippen LogP contribution is -2.05. The van der Waals surface area contributed by atoms with Gasteiger partial charge in [0.05, 0.1) is 11.4 Å². The third kappa shape index (κ3) is 2.73. The molecular weight excluding hydrogens is 404 g/mol. The van der Waals surface area contributed by atoms with Gasteiger partial charge in [-0.2, -0.15) is 5.10 Å². The molecule has 0 fully saturated rings. The maximum atomic E-state index is 14.0. The Balaban J connectivity index is 1.76. The lowest BCUT2D eigenvalue weighted by molar-refractivity contribution is 0.612. The van der Waals surface area contributed by atoms with E-state index in [1.165, 1.54) is 15.2 Å². The van der Waals surface area contributed by atoms with Gasteiger partial charge in [0, 0.05) is 22.1 Å². The molecule has 3 nitrogen and oxygen atoms in total. The summed E-state index contributed by atoms with van der Waals surface area (Å²) in [6, 6.07) is 15.2. The first kappa shape index (κ1) is 14.7. The summed E-state index contributed by atoms with van der Waals surface area (Å²) in [5.74, 6) is 0.869. The van der Waals surface area contributed by atoms with Crippen molar-refractivity contribution in [3.8, 4) is 5.69 Å². The van der Waals surface area contributed by atoms with Crippen LogP contribution in [-0.4, -0.2) is 16.3 Å². The highest BCUT2D eigenvalue weighted by Gasteiger charge is 2.23.